The Kier molecular flexibility index (Phi) is 5.26. The van der Waals surface area contributed by atoms with Gasteiger partial charge in [-0.05, 0) is 18.6 Å². The highest BCUT2D eigenvalue weighted by Crippen LogP contribution is 2.16. The number of para-hydroxylation sites is 1. The second-order valence-electron chi connectivity index (χ2n) is 4.86. The molecule has 0 radical (unpaired) electrons. The maximum atomic E-state index is 12.3. The lowest BCUT2D eigenvalue weighted by Gasteiger charge is -2.29. The van der Waals surface area contributed by atoms with Crippen LogP contribution in [-0.4, -0.2) is 33.0 Å². The Morgan fingerprint density at radius 1 is 1.29 bits per heavy atom. The van der Waals surface area contributed by atoms with E-state index in [0.29, 0.717) is 12.0 Å². The first-order valence-corrected chi connectivity index (χ1v) is 7.75. The number of benzene rings is 1. The number of rotatable bonds is 6. The SMILES string of the molecule is CCC(CCl)(CCl)NC(=O)c1cnn(-c2ccccc2)c1. The molecule has 4 nitrogen and oxygen atoms in total. The van der Waals surface area contributed by atoms with Gasteiger partial charge in [0.1, 0.15) is 0 Å². The molecule has 1 N–H and O–H groups in total. The number of hydrogen-bond acceptors (Lipinski definition) is 2. The normalized spacial score (nSPS) is 11.4. The van der Waals surface area contributed by atoms with Crippen molar-refractivity contribution in [2.75, 3.05) is 11.8 Å². The van der Waals surface area contributed by atoms with Crippen molar-refractivity contribution >= 4 is 29.1 Å². The zero-order valence-corrected chi connectivity index (χ0v) is 13.2. The summed E-state index contributed by atoms with van der Waals surface area (Å²) in [6.07, 6.45) is 3.89. The number of amides is 1. The number of carbonyl (C=O) groups excluding carboxylic acids is 1. The van der Waals surface area contributed by atoms with Crippen LogP contribution in [0.2, 0.25) is 0 Å². The lowest BCUT2D eigenvalue weighted by atomic mass is 10.0. The van der Waals surface area contributed by atoms with E-state index in [0.717, 1.165) is 5.69 Å². The molecule has 112 valence electrons. The van der Waals surface area contributed by atoms with Crippen molar-refractivity contribution in [1.82, 2.24) is 15.1 Å². The van der Waals surface area contributed by atoms with Crippen LogP contribution in [0.4, 0.5) is 0 Å². The molecule has 0 atom stereocenters. The summed E-state index contributed by atoms with van der Waals surface area (Å²) >= 11 is 11.9. The lowest BCUT2D eigenvalue weighted by molar-refractivity contribution is 0.0913. The second-order valence-corrected chi connectivity index (χ2v) is 5.40. The molecular weight excluding hydrogens is 309 g/mol. The summed E-state index contributed by atoms with van der Waals surface area (Å²) in [6.45, 7) is 1.94. The minimum Gasteiger partial charge on any atom is -0.344 e. The number of aromatic nitrogens is 2. The maximum Gasteiger partial charge on any atom is 0.254 e. The van der Waals surface area contributed by atoms with Crippen LogP contribution in [0.3, 0.4) is 0 Å². The molecule has 1 heterocycles. The van der Waals surface area contributed by atoms with Crippen LogP contribution in [0.25, 0.3) is 5.69 Å². The largest absolute Gasteiger partial charge is 0.344 e. The Morgan fingerprint density at radius 3 is 2.52 bits per heavy atom. The molecule has 0 aliphatic carbocycles. The van der Waals surface area contributed by atoms with Crippen molar-refractivity contribution in [2.45, 2.75) is 18.9 Å². The summed E-state index contributed by atoms with van der Waals surface area (Å²) in [6, 6.07) is 9.60. The average molecular weight is 326 g/mol. The molecule has 2 aromatic rings. The van der Waals surface area contributed by atoms with Gasteiger partial charge in [0.05, 0.1) is 23.0 Å². The highest BCUT2D eigenvalue weighted by atomic mass is 35.5. The highest BCUT2D eigenvalue weighted by molar-refractivity contribution is 6.22. The molecule has 1 aromatic heterocycles. The Bertz CT molecular complexity index is 586. The van der Waals surface area contributed by atoms with Gasteiger partial charge < -0.3 is 5.32 Å². The van der Waals surface area contributed by atoms with Crippen molar-refractivity contribution in [3.8, 4) is 5.69 Å². The van der Waals surface area contributed by atoms with E-state index in [-0.39, 0.29) is 17.7 Å². The number of hydrogen-bond donors (Lipinski definition) is 1. The van der Waals surface area contributed by atoms with E-state index in [2.05, 4.69) is 10.4 Å². The fraction of sp³-hybridized carbons (Fsp3) is 0.333. The minimum atomic E-state index is -0.588. The number of alkyl halides is 2. The zero-order chi connectivity index (χ0) is 15.3. The Labute approximate surface area is 134 Å². The van der Waals surface area contributed by atoms with Crippen LogP contribution in [0, 0.1) is 0 Å². The Hall–Kier alpha value is -1.52. The minimum absolute atomic E-state index is 0.222. The first kappa shape index (κ1) is 15.9. The quantitative estimate of drug-likeness (QED) is 0.829. The lowest BCUT2D eigenvalue weighted by Crippen LogP contribution is -2.51. The topological polar surface area (TPSA) is 46.9 Å². The van der Waals surface area contributed by atoms with Gasteiger partial charge in [-0.25, -0.2) is 4.68 Å². The zero-order valence-electron chi connectivity index (χ0n) is 11.7. The van der Waals surface area contributed by atoms with E-state index < -0.39 is 5.54 Å². The van der Waals surface area contributed by atoms with Crippen LogP contribution >= 0.6 is 23.2 Å². The molecule has 1 amide bonds. The highest BCUT2D eigenvalue weighted by Gasteiger charge is 2.29. The molecule has 0 aliphatic heterocycles. The molecule has 21 heavy (non-hydrogen) atoms. The predicted molar refractivity (Wildman–Crippen MR) is 85.5 cm³/mol. The van der Waals surface area contributed by atoms with E-state index in [1.54, 1.807) is 10.9 Å². The van der Waals surface area contributed by atoms with Gasteiger partial charge in [0.15, 0.2) is 0 Å². The van der Waals surface area contributed by atoms with E-state index in [1.807, 2.05) is 37.3 Å². The summed E-state index contributed by atoms with van der Waals surface area (Å²) < 4.78 is 1.66. The summed E-state index contributed by atoms with van der Waals surface area (Å²) in [5.74, 6) is 0.317. The van der Waals surface area contributed by atoms with Crippen LogP contribution in [0.5, 0.6) is 0 Å². The number of nitrogens with one attached hydrogen (secondary N) is 1. The average Bonchev–Trinajstić information content (AvgIpc) is 3.04. The molecule has 0 unspecified atom stereocenters. The van der Waals surface area contributed by atoms with Gasteiger partial charge in [0.2, 0.25) is 0 Å². The molecule has 0 bridgehead atoms. The maximum absolute atomic E-state index is 12.3. The van der Waals surface area contributed by atoms with Crippen molar-refractivity contribution < 1.29 is 4.79 Å². The summed E-state index contributed by atoms with van der Waals surface area (Å²) in [5.41, 5.74) is 0.787. The van der Waals surface area contributed by atoms with E-state index in [4.69, 9.17) is 23.2 Å². The molecule has 2 rings (SSSR count). The van der Waals surface area contributed by atoms with Crippen LogP contribution in [0.15, 0.2) is 42.7 Å². The molecule has 0 fully saturated rings. The number of carbonyl (C=O) groups is 1. The summed E-state index contributed by atoms with van der Waals surface area (Å²) in [4.78, 5) is 12.3. The molecule has 0 spiro atoms. The van der Waals surface area contributed by atoms with Gasteiger partial charge in [-0.3, -0.25) is 4.79 Å². The molecular formula is C15H17Cl2N3O. The third-order valence-electron chi connectivity index (χ3n) is 3.43. The van der Waals surface area contributed by atoms with Crippen molar-refractivity contribution in [2.24, 2.45) is 0 Å². The third-order valence-corrected chi connectivity index (χ3v) is 4.46. The number of nitrogens with zero attached hydrogens (tertiary/aromatic N) is 2. The van der Waals surface area contributed by atoms with Gasteiger partial charge in [-0.15, -0.1) is 23.2 Å². The summed E-state index contributed by atoms with van der Waals surface area (Å²) in [7, 11) is 0. The molecule has 6 heteroatoms. The van der Waals surface area contributed by atoms with E-state index in [1.165, 1.54) is 6.20 Å². The van der Waals surface area contributed by atoms with Gasteiger partial charge in [0, 0.05) is 18.0 Å². The van der Waals surface area contributed by atoms with Crippen molar-refractivity contribution in [3.05, 3.63) is 48.3 Å². The Morgan fingerprint density at radius 2 is 1.95 bits per heavy atom. The molecule has 0 aliphatic rings. The standard InChI is InChI=1S/C15H17Cl2N3O/c1-2-15(10-16,11-17)19-14(21)12-8-18-20(9-12)13-6-4-3-5-7-13/h3-9H,2,10-11H2,1H3,(H,19,21). The van der Waals surface area contributed by atoms with Crippen molar-refractivity contribution in [3.63, 3.8) is 0 Å². The van der Waals surface area contributed by atoms with Crippen LogP contribution < -0.4 is 5.32 Å². The van der Waals surface area contributed by atoms with Gasteiger partial charge in [-0.1, -0.05) is 25.1 Å². The monoisotopic (exact) mass is 325 g/mol. The third kappa shape index (κ3) is 3.57. The van der Waals surface area contributed by atoms with Crippen LogP contribution in [0.1, 0.15) is 23.7 Å². The van der Waals surface area contributed by atoms with Crippen molar-refractivity contribution in [1.29, 1.82) is 0 Å². The number of halogens is 2. The van der Waals surface area contributed by atoms with E-state index in [9.17, 15) is 4.79 Å². The smallest absolute Gasteiger partial charge is 0.254 e. The van der Waals surface area contributed by atoms with Crippen LogP contribution in [-0.2, 0) is 0 Å². The van der Waals surface area contributed by atoms with Gasteiger partial charge >= 0.3 is 0 Å². The molecule has 0 saturated heterocycles. The molecule has 0 saturated carbocycles. The van der Waals surface area contributed by atoms with Gasteiger partial charge in [0.25, 0.3) is 5.91 Å². The summed E-state index contributed by atoms with van der Waals surface area (Å²) in [5, 5.41) is 7.11. The van der Waals surface area contributed by atoms with E-state index >= 15 is 0 Å². The molecule has 1 aromatic carbocycles. The first-order valence-electron chi connectivity index (χ1n) is 6.68. The second kappa shape index (κ2) is 6.96. The fourth-order valence-electron chi connectivity index (χ4n) is 1.85. The Balaban J connectivity index is 2.16. The fourth-order valence-corrected chi connectivity index (χ4v) is 2.65. The first-order chi connectivity index (χ1) is 10.1. The predicted octanol–water partition coefficient (Wildman–Crippen LogP) is 3.23. The van der Waals surface area contributed by atoms with Gasteiger partial charge in [-0.2, -0.15) is 5.10 Å².